The number of aliphatic imine (C=N–C) groups is 1. The summed E-state index contributed by atoms with van der Waals surface area (Å²) in [7, 11) is 0. The summed E-state index contributed by atoms with van der Waals surface area (Å²) in [5.74, 6) is -0.673. The Morgan fingerprint density at radius 1 is 1.11 bits per heavy atom. The fraction of sp³-hybridized carbons (Fsp3) is 0.278. The maximum atomic E-state index is 14.8. The summed E-state index contributed by atoms with van der Waals surface area (Å²) in [5, 5.41) is 0. The number of hydrogen-bond donors (Lipinski definition) is 2. The van der Waals surface area contributed by atoms with E-state index in [9.17, 15) is 9.18 Å². The van der Waals surface area contributed by atoms with Crippen molar-refractivity contribution in [2.45, 2.75) is 6.61 Å². The molecule has 142 valence electrons. The molecule has 2 heterocycles. The van der Waals surface area contributed by atoms with E-state index in [4.69, 9.17) is 16.2 Å². The van der Waals surface area contributed by atoms with Gasteiger partial charge in [0.1, 0.15) is 6.61 Å². The van der Waals surface area contributed by atoms with Gasteiger partial charge in [-0.15, -0.1) is 4.99 Å². The van der Waals surface area contributed by atoms with E-state index in [0.717, 1.165) is 18.8 Å². The summed E-state index contributed by atoms with van der Waals surface area (Å²) in [5.41, 5.74) is 11.6. The second-order valence-corrected chi connectivity index (χ2v) is 6.01. The highest BCUT2D eigenvalue weighted by molar-refractivity contribution is 5.87. The third-order valence-corrected chi connectivity index (χ3v) is 4.22. The number of hydrogen-bond acceptors (Lipinski definition) is 5. The second kappa shape index (κ2) is 8.35. The first-order valence-corrected chi connectivity index (χ1v) is 8.49. The minimum absolute atomic E-state index is 0.213. The van der Waals surface area contributed by atoms with Crippen LogP contribution in [0.1, 0.15) is 5.56 Å². The molecule has 27 heavy (non-hydrogen) atoms. The van der Waals surface area contributed by atoms with Gasteiger partial charge >= 0.3 is 6.09 Å². The molecule has 1 fully saturated rings. The number of benzene rings is 1. The predicted molar refractivity (Wildman–Crippen MR) is 101 cm³/mol. The van der Waals surface area contributed by atoms with E-state index in [1.165, 1.54) is 12.3 Å². The first-order valence-electron chi connectivity index (χ1n) is 8.49. The van der Waals surface area contributed by atoms with E-state index in [0.29, 0.717) is 13.1 Å². The highest BCUT2D eigenvalue weighted by atomic mass is 19.1. The average molecular weight is 372 g/mol. The van der Waals surface area contributed by atoms with E-state index >= 15 is 0 Å². The van der Waals surface area contributed by atoms with Gasteiger partial charge < -0.3 is 26.0 Å². The van der Waals surface area contributed by atoms with Gasteiger partial charge in [0.2, 0.25) is 0 Å². The van der Waals surface area contributed by atoms with Crippen LogP contribution in [-0.2, 0) is 11.3 Å². The van der Waals surface area contributed by atoms with E-state index in [1.54, 1.807) is 0 Å². The Balaban J connectivity index is 1.64. The normalized spacial score (nSPS) is 14.0. The van der Waals surface area contributed by atoms with Crippen LogP contribution < -0.4 is 21.3 Å². The van der Waals surface area contributed by atoms with Crippen LogP contribution in [0.15, 0.2) is 47.6 Å². The van der Waals surface area contributed by atoms with Crippen molar-refractivity contribution in [1.29, 1.82) is 0 Å². The lowest BCUT2D eigenvalue weighted by molar-refractivity contribution is 0.149. The van der Waals surface area contributed by atoms with E-state index in [2.05, 4.69) is 27.0 Å². The lowest BCUT2D eigenvalue weighted by Crippen LogP contribution is -2.47. The molecule has 2 aromatic rings. The van der Waals surface area contributed by atoms with Gasteiger partial charge in [0.05, 0.1) is 0 Å². The van der Waals surface area contributed by atoms with Crippen LogP contribution in [0.5, 0.6) is 0 Å². The summed E-state index contributed by atoms with van der Waals surface area (Å²) in [6.07, 6.45) is 0.523. The van der Waals surface area contributed by atoms with Crippen LogP contribution in [0.25, 0.3) is 0 Å². The number of anilines is 2. The van der Waals surface area contributed by atoms with Crippen molar-refractivity contribution in [3.63, 3.8) is 0 Å². The number of carbonyl (C=O) groups is 1. The van der Waals surface area contributed by atoms with Crippen molar-refractivity contribution < 1.29 is 13.9 Å². The Hall–Kier alpha value is -3.36. The summed E-state index contributed by atoms with van der Waals surface area (Å²) in [6.45, 7) is 2.51. The summed E-state index contributed by atoms with van der Waals surface area (Å²) >= 11 is 0. The SMILES string of the molecule is NC(N)=NC(=O)OCc1ccnc(N2CCN(c3ccccc3)CC2)c1F. The molecular formula is C18H21FN6O2. The molecule has 0 bridgehead atoms. The molecule has 0 radical (unpaired) electrons. The fourth-order valence-electron chi connectivity index (χ4n) is 2.90. The highest BCUT2D eigenvalue weighted by Crippen LogP contribution is 2.23. The summed E-state index contributed by atoms with van der Waals surface area (Å²) in [6, 6.07) is 11.5. The first-order chi connectivity index (χ1) is 13.0. The molecule has 4 N–H and O–H groups in total. The fourth-order valence-corrected chi connectivity index (χ4v) is 2.90. The molecule has 9 heteroatoms. The Kier molecular flexibility index (Phi) is 5.70. The number of rotatable bonds is 4. The number of ether oxygens (including phenoxy) is 1. The zero-order chi connectivity index (χ0) is 19.2. The molecule has 8 nitrogen and oxygen atoms in total. The van der Waals surface area contributed by atoms with Gasteiger partial charge in [-0.2, -0.15) is 0 Å². The number of carbonyl (C=O) groups excluding carboxylic acids is 1. The Labute approximate surface area is 156 Å². The Morgan fingerprint density at radius 2 is 1.78 bits per heavy atom. The van der Waals surface area contributed by atoms with Gasteiger partial charge in [-0.25, -0.2) is 14.2 Å². The van der Waals surface area contributed by atoms with Crippen molar-refractivity contribution in [1.82, 2.24) is 4.98 Å². The number of piperazine rings is 1. The molecule has 0 saturated carbocycles. The first kappa shape index (κ1) is 18.4. The minimum atomic E-state index is -0.968. The van der Waals surface area contributed by atoms with Crippen LogP contribution in [0.3, 0.4) is 0 Å². The Morgan fingerprint density at radius 3 is 2.44 bits per heavy atom. The van der Waals surface area contributed by atoms with Crippen molar-refractivity contribution in [2.75, 3.05) is 36.0 Å². The van der Waals surface area contributed by atoms with Gasteiger partial charge in [-0.05, 0) is 18.2 Å². The Bertz CT molecular complexity index is 818. The molecular weight excluding hydrogens is 351 g/mol. The molecule has 1 aliphatic heterocycles. The lowest BCUT2D eigenvalue weighted by Gasteiger charge is -2.37. The maximum Gasteiger partial charge on any atom is 0.437 e. The third-order valence-electron chi connectivity index (χ3n) is 4.22. The number of nitrogens with zero attached hydrogens (tertiary/aromatic N) is 4. The van der Waals surface area contributed by atoms with Gasteiger partial charge in [0.25, 0.3) is 0 Å². The topological polar surface area (TPSA) is 110 Å². The van der Waals surface area contributed by atoms with Crippen LogP contribution in [0.2, 0.25) is 0 Å². The molecule has 0 atom stereocenters. The van der Waals surface area contributed by atoms with Gasteiger partial charge in [0, 0.05) is 43.6 Å². The van der Waals surface area contributed by atoms with Crippen LogP contribution in [0, 0.1) is 5.82 Å². The molecule has 0 spiro atoms. The maximum absolute atomic E-state index is 14.8. The van der Waals surface area contributed by atoms with Gasteiger partial charge in [-0.3, -0.25) is 0 Å². The number of amides is 1. The van der Waals surface area contributed by atoms with Crippen molar-refractivity contribution >= 4 is 23.6 Å². The van der Waals surface area contributed by atoms with E-state index < -0.39 is 17.9 Å². The van der Waals surface area contributed by atoms with E-state index in [1.807, 2.05) is 23.1 Å². The molecule has 3 rings (SSSR count). The monoisotopic (exact) mass is 372 g/mol. The number of aromatic nitrogens is 1. The van der Waals surface area contributed by atoms with Crippen LogP contribution in [0.4, 0.5) is 20.7 Å². The standard InChI is InChI=1S/C18H21FN6O2/c19-15-13(12-27-18(26)23-17(20)21)6-7-22-16(15)25-10-8-24(9-11-25)14-4-2-1-3-5-14/h1-7H,8-12H2,(H4,20,21,23,26). The lowest BCUT2D eigenvalue weighted by atomic mass is 10.2. The van der Waals surface area contributed by atoms with Gasteiger partial charge in [-0.1, -0.05) is 18.2 Å². The second-order valence-electron chi connectivity index (χ2n) is 6.01. The molecule has 1 aromatic carbocycles. The number of nitrogens with two attached hydrogens (primary N) is 2. The van der Waals surface area contributed by atoms with Crippen molar-refractivity contribution in [2.24, 2.45) is 16.5 Å². The molecule has 0 unspecified atom stereocenters. The van der Waals surface area contributed by atoms with Crippen LogP contribution >= 0.6 is 0 Å². The third kappa shape index (κ3) is 4.63. The predicted octanol–water partition coefficient (Wildman–Crippen LogP) is 1.46. The quantitative estimate of drug-likeness (QED) is 0.617. The van der Waals surface area contributed by atoms with Crippen LogP contribution in [-0.4, -0.2) is 43.2 Å². The average Bonchev–Trinajstić information content (AvgIpc) is 2.67. The summed E-state index contributed by atoms with van der Waals surface area (Å²) < 4.78 is 19.7. The largest absolute Gasteiger partial charge is 0.443 e. The zero-order valence-corrected chi connectivity index (χ0v) is 14.7. The van der Waals surface area contributed by atoms with Gasteiger partial charge in [0.15, 0.2) is 17.6 Å². The smallest absolute Gasteiger partial charge is 0.437 e. The highest BCUT2D eigenvalue weighted by Gasteiger charge is 2.22. The molecule has 1 amide bonds. The van der Waals surface area contributed by atoms with E-state index in [-0.39, 0.29) is 18.0 Å². The molecule has 1 saturated heterocycles. The summed E-state index contributed by atoms with van der Waals surface area (Å²) in [4.78, 5) is 22.9. The number of guanidine groups is 1. The van der Waals surface area contributed by atoms with Crippen molar-refractivity contribution in [3.05, 3.63) is 54.0 Å². The molecule has 0 aliphatic carbocycles. The molecule has 1 aliphatic rings. The zero-order valence-electron chi connectivity index (χ0n) is 14.7. The minimum Gasteiger partial charge on any atom is -0.443 e. The number of pyridine rings is 1. The number of para-hydroxylation sites is 1. The van der Waals surface area contributed by atoms with Crippen molar-refractivity contribution in [3.8, 4) is 0 Å². The molecule has 1 aromatic heterocycles. The number of halogens is 1.